The van der Waals surface area contributed by atoms with Crippen molar-refractivity contribution < 1.29 is 4.79 Å². The molecule has 5 heteroatoms. The quantitative estimate of drug-likeness (QED) is 0.861. The number of hydrogen-bond acceptors (Lipinski definition) is 4. The molecular weight excluding hydrogens is 312 g/mol. The molecule has 5 nitrogen and oxygen atoms in total. The van der Waals surface area contributed by atoms with Crippen molar-refractivity contribution in [1.29, 1.82) is 0 Å². The molecule has 1 aromatic carbocycles. The molecular formula is C20H24N4O. The zero-order valence-electron chi connectivity index (χ0n) is 14.6. The van der Waals surface area contributed by atoms with E-state index in [9.17, 15) is 4.79 Å². The van der Waals surface area contributed by atoms with Crippen LogP contribution >= 0.6 is 0 Å². The highest BCUT2D eigenvalue weighted by Gasteiger charge is 2.32. The number of nitrogens with zero attached hydrogens (tertiary/aromatic N) is 4. The highest BCUT2D eigenvalue weighted by Crippen LogP contribution is 2.28. The topological polar surface area (TPSA) is 39.7 Å². The first-order valence-corrected chi connectivity index (χ1v) is 9.03. The van der Waals surface area contributed by atoms with Crippen molar-refractivity contribution in [3.63, 3.8) is 0 Å². The summed E-state index contributed by atoms with van der Waals surface area (Å²) >= 11 is 0. The smallest absolute Gasteiger partial charge is 0.244 e. The first-order valence-electron chi connectivity index (χ1n) is 9.03. The first kappa shape index (κ1) is 16.1. The minimum atomic E-state index is -0.0861. The molecule has 4 rings (SSSR count). The van der Waals surface area contributed by atoms with Crippen LogP contribution in [0.5, 0.6) is 0 Å². The number of anilines is 2. The molecule has 1 aromatic heterocycles. The maximum Gasteiger partial charge on any atom is 0.244 e. The molecule has 2 aliphatic heterocycles. The maximum atomic E-state index is 13.0. The van der Waals surface area contributed by atoms with E-state index >= 15 is 0 Å². The number of amides is 1. The average molecular weight is 336 g/mol. The number of pyridine rings is 1. The van der Waals surface area contributed by atoms with E-state index in [0.717, 1.165) is 50.6 Å². The molecule has 1 saturated heterocycles. The predicted molar refractivity (Wildman–Crippen MR) is 100.0 cm³/mol. The van der Waals surface area contributed by atoms with Crippen molar-refractivity contribution in [3.05, 3.63) is 54.2 Å². The molecule has 0 saturated carbocycles. The molecule has 0 N–H and O–H groups in total. The number of rotatable bonds is 3. The van der Waals surface area contributed by atoms with E-state index in [0.29, 0.717) is 0 Å². The summed E-state index contributed by atoms with van der Waals surface area (Å²) in [5.41, 5.74) is 2.37. The van der Waals surface area contributed by atoms with Crippen molar-refractivity contribution in [2.75, 3.05) is 42.5 Å². The van der Waals surface area contributed by atoms with Gasteiger partial charge in [-0.05, 0) is 37.1 Å². The zero-order valence-corrected chi connectivity index (χ0v) is 14.6. The van der Waals surface area contributed by atoms with Crippen LogP contribution in [0.15, 0.2) is 48.7 Å². The highest BCUT2D eigenvalue weighted by atomic mass is 16.2. The Labute approximate surface area is 148 Å². The Hall–Kier alpha value is -2.40. The molecule has 2 aromatic rings. The van der Waals surface area contributed by atoms with E-state index in [1.807, 2.05) is 48.4 Å². The van der Waals surface area contributed by atoms with E-state index in [4.69, 9.17) is 0 Å². The van der Waals surface area contributed by atoms with Gasteiger partial charge in [0.2, 0.25) is 5.91 Å². The molecule has 3 heterocycles. The van der Waals surface area contributed by atoms with Gasteiger partial charge >= 0.3 is 0 Å². The molecule has 2 aliphatic rings. The summed E-state index contributed by atoms with van der Waals surface area (Å²) in [7, 11) is 0. The Balaban J connectivity index is 1.39. The molecule has 25 heavy (non-hydrogen) atoms. The molecule has 0 aliphatic carbocycles. The largest absolute Gasteiger partial charge is 0.354 e. The van der Waals surface area contributed by atoms with E-state index < -0.39 is 0 Å². The summed E-state index contributed by atoms with van der Waals surface area (Å²) in [6.45, 7) is 6.44. The Kier molecular flexibility index (Phi) is 4.40. The lowest BCUT2D eigenvalue weighted by molar-refractivity contribution is -0.123. The Morgan fingerprint density at radius 2 is 1.76 bits per heavy atom. The summed E-state index contributed by atoms with van der Waals surface area (Å²) in [6.07, 6.45) is 2.79. The van der Waals surface area contributed by atoms with Gasteiger partial charge in [-0.1, -0.05) is 24.3 Å². The predicted octanol–water partition coefficient (Wildman–Crippen LogP) is 2.18. The van der Waals surface area contributed by atoms with Gasteiger partial charge in [-0.25, -0.2) is 4.98 Å². The number of piperazine rings is 1. The second-order valence-electron chi connectivity index (χ2n) is 6.76. The molecule has 1 fully saturated rings. The summed E-state index contributed by atoms with van der Waals surface area (Å²) in [6, 6.07) is 14.2. The second-order valence-corrected chi connectivity index (χ2v) is 6.76. The molecule has 0 radical (unpaired) electrons. The van der Waals surface area contributed by atoms with Crippen molar-refractivity contribution >= 4 is 17.4 Å². The highest BCUT2D eigenvalue weighted by molar-refractivity contribution is 5.98. The molecule has 130 valence electrons. The van der Waals surface area contributed by atoms with Gasteiger partial charge in [0, 0.05) is 44.6 Å². The normalized spacial score (nSPS) is 18.9. The molecule has 1 amide bonds. The van der Waals surface area contributed by atoms with Gasteiger partial charge in [0.15, 0.2) is 0 Å². The van der Waals surface area contributed by atoms with Gasteiger partial charge in [-0.2, -0.15) is 0 Å². The third-order valence-electron chi connectivity index (χ3n) is 5.35. The summed E-state index contributed by atoms with van der Waals surface area (Å²) in [4.78, 5) is 24.0. The minimum Gasteiger partial charge on any atom is -0.354 e. The van der Waals surface area contributed by atoms with Crippen molar-refractivity contribution in [2.24, 2.45) is 0 Å². The van der Waals surface area contributed by atoms with Crippen molar-refractivity contribution in [3.8, 4) is 0 Å². The van der Waals surface area contributed by atoms with Crippen molar-refractivity contribution in [2.45, 2.75) is 19.4 Å². The van der Waals surface area contributed by atoms with Gasteiger partial charge < -0.3 is 9.80 Å². The summed E-state index contributed by atoms with van der Waals surface area (Å²) in [5, 5.41) is 0. The minimum absolute atomic E-state index is 0.0861. The van der Waals surface area contributed by atoms with Gasteiger partial charge in [-0.15, -0.1) is 0 Å². The van der Waals surface area contributed by atoms with E-state index in [1.165, 1.54) is 5.56 Å². The Morgan fingerprint density at radius 3 is 2.52 bits per heavy atom. The van der Waals surface area contributed by atoms with E-state index in [-0.39, 0.29) is 11.9 Å². The van der Waals surface area contributed by atoms with Gasteiger partial charge in [-0.3, -0.25) is 9.69 Å². The number of hydrogen-bond donors (Lipinski definition) is 0. The lowest BCUT2D eigenvalue weighted by atomic mass is 10.1. The van der Waals surface area contributed by atoms with Crippen LogP contribution in [0.2, 0.25) is 0 Å². The van der Waals surface area contributed by atoms with E-state index in [2.05, 4.69) is 26.9 Å². The van der Waals surface area contributed by atoms with Crippen LogP contribution in [0.1, 0.15) is 12.5 Å². The fourth-order valence-electron chi connectivity index (χ4n) is 3.83. The van der Waals surface area contributed by atoms with Crippen LogP contribution in [0.3, 0.4) is 0 Å². The number of benzene rings is 1. The lowest BCUT2D eigenvalue weighted by Gasteiger charge is -2.39. The van der Waals surface area contributed by atoms with E-state index in [1.54, 1.807) is 0 Å². The number of fused-ring (bicyclic) bond motifs is 1. The fraction of sp³-hybridized carbons (Fsp3) is 0.400. The number of carbonyl (C=O) groups excluding carboxylic acids is 1. The first-order chi connectivity index (χ1) is 12.2. The Bertz CT molecular complexity index is 740. The third kappa shape index (κ3) is 3.12. The summed E-state index contributed by atoms with van der Waals surface area (Å²) < 4.78 is 0. The van der Waals surface area contributed by atoms with Crippen LogP contribution in [0, 0.1) is 0 Å². The van der Waals surface area contributed by atoms with Crippen LogP contribution in [-0.2, 0) is 11.2 Å². The standard InChI is InChI=1S/C20H24N4O/c1-16(20(25)24-11-9-17-6-2-3-7-18(17)24)22-12-14-23(15-13-22)19-8-4-5-10-21-19/h2-8,10,16H,9,11-15H2,1H3/t16-/m0/s1. The number of aromatic nitrogens is 1. The molecule has 0 unspecified atom stereocenters. The monoisotopic (exact) mass is 336 g/mol. The van der Waals surface area contributed by atoms with Crippen LogP contribution in [0.25, 0.3) is 0 Å². The number of para-hydroxylation sites is 1. The molecule has 1 atom stereocenters. The third-order valence-corrected chi connectivity index (χ3v) is 5.35. The second kappa shape index (κ2) is 6.84. The average Bonchev–Trinajstić information content (AvgIpc) is 3.12. The van der Waals surface area contributed by atoms with Crippen LogP contribution < -0.4 is 9.80 Å². The molecule has 0 bridgehead atoms. The fourth-order valence-corrected chi connectivity index (χ4v) is 3.83. The van der Waals surface area contributed by atoms with Gasteiger partial charge in [0.1, 0.15) is 5.82 Å². The zero-order chi connectivity index (χ0) is 17.2. The lowest BCUT2D eigenvalue weighted by Crippen LogP contribution is -2.54. The number of carbonyl (C=O) groups is 1. The maximum absolute atomic E-state index is 13.0. The van der Waals surface area contributed by atoms with Gasteiger partial charge in [0.25, 0.3) is 0 Å². The van der Waals surface area contributed by atoms with Gasteiger partial charge in [0.05, 0.1) is 6.04 Å². The summed E-state index contributed by atoms with van der Waals surface area (Å²) in [5.74, 6) is 1.24. The van der Waals surface area contributed by atoms with Crippen LogP contribution in [0.4, 0.5) is 11.5 Å². The molecule has 0 spiro atoms. The van der Waals surface area contributed by atoms with Crippen LogP contribution in [-0.4, -0.2) is 54.6 Å². The van der Waals surface area contributed by atoms with Crippen molar-refractivity contribution in [1.82, 2.24) is 9.88 Å². The SMILES string of the molecule is C[C@@H](C(=O)N1CCc2ccccc21)N1CCN(c2ccccn2)CC1. The Morgan fingerprint density at radius 1 is 1.00 bits per heavy atom.